The third-order valence-corrected chi connectivity index (χ3v) is 4.14. The maximum absolute atomic E-state index is 4.13. The van der Waals surface area contributed by atoms with Crippen molar-refractivity contribution in [2.24, 2.45) is 0 Å². The lowest BCUT2D eigenvalue weighted by molar-refractivity contribution is 1.12. The van der Waals surface area contributed by atoms with Gasteiger partial charge in [0.05, 0.1) is 11.7 Å². The molecule has 0 aliphatic carbocycles. The van der Waals surface area contributed by atoms with E-state index >= 15 is 0 Å². The zero-order valence-electron chi connectivity index (χ0n) is 9.55. The van der Waals surface area contributed by atoms with E-state index in [9.17, 15) is 0 Å². The number of para-hydroxylation sites is 1. The number of rotatable bonds is 1. The summed E-state index contributed by atoms with van der Waals surface area (Å²) >= 11 is 1.78. The molecule has 2 aromatic heterocycles. The van der Waals surface area contributed by atoms with E-state index in [1.807, 2.05) is 6.20 Å². The third kappa shape index (κ3) is 1.31. The SMILES string of the molecule is c1cc(-c2cccc3sccc23)c2[nH]ncc2c1. The monoisotopic (exact) mass is 250 g/mol. The van der Waals surface area contributed by atoms with E-state index < -0.39 is 0 Å². The predicted octanol–water partition coefficient (Wildman–Crippen LogP) is 4.44. The summed E-state index contributed by atoms with van der Waals surface area (Å²) in [5, 5.41) is 11.8. The van der Waals surface area contributed by atoms with Gasteiger partial charge in [0, 0.05) is 21.0 Å². The first-order valence-electron chi connectivity index (χ1n) is 5.82. The number of nitrogens with zero attached hydrogens (tertiary/aromatic N) is 1. The van der Waals surface area contributed by atoms with Gasteiger partial charge in [-0.15, -0.1) is 11.3 Å². The molecular weight excluding hydrogens is 240 g/mol. The van der Waals surface area contributed by atoms with Crippen LogP contribution in [0.1, 0.15) is 0 Å². The van der Waals surface area contributed by atoms with E-state index in [0.717, 1.165) is 10.9 Å². The summed E-state index contributed by atoms with van der Waals surface area (Å²) < 4.78 is 1.32. The number of aromatic amines is 1. The Kier molecular flexibility index (Phi) is 2.02. The Morgan fingerprint density at radius 3 is 2.83 bits per heavy atom. The Labute approximate surface area is 108 Å². The molecule has 0 aliphatic heterocycles. The van der Waals surface area contributed by atoms with Crippen LogP contribution in [0.5, 0.6) is 0 Å². The molecule has 3 heteroatoms. The van der Waals surface area contributed by atoms with Crippen molar-refractivity contribution in [3.63, 3.8) is 0 Å². The first-order valence-corrected chi connectivity index (χ1v) is 6.70. The molecule has 2 heterocycles. The summed E-state index contributed by atoms with van der Waals surface area (Å²) in [6, 6.07) is 14.9. The number of fused-ring (bicyclic) bond motifs is 2. The van der Waals surface area contributed by atoms with Crippen LogP contribution < -0.4 is 0 Å². The molecule has 1 N–H and O–H groups in total. The summed E-state index contributed by atoms with van der Waals surface area (Å²) in [5.41, 5.74) is 3.59. The second-order valence-electron chi connectivity index (χ2n) is 4.28. The highest BCUT2D eigenvalue weighted by Crippen LogP contribution is 2.34. The highest BCUT2D eigenvalue weighted by Gasteiger charge is 2.08. The molecule has 0 saturated carbocycles. The standard InChI is InChI=1S/C15H10N2S/c1-3-10-9-16-17-15(10)13(5-1)11-4-2-6-14-12(11)7-8-18-14/h1-9H,(H,16,17). The lowest BCUT2D eigenvalue weighted by Crippen LogP contribution is -1.81. The Hall–Kier alpha value is -2.13. The average molecular weight is 250 g/mol. The highest BCUT2D eigenvalue weighted by atomic mass is 32.1. The summed E-state index contributed by atoms with van der Waals surface area (Å²) in [6.07, 6.45) is 1.87. The number of H-pyrrole nitrogens is 1. The van der Waals surface area contributed by atoms with Gasteiger partial charge in [-0.3, -0.25) is 5.10 Å². The minimum absolute atomic E-state index is 1.11. The van der Waals surface area contributed by atoms with Gasteiger partial charge in [0.2, 0.25) is 0 Å². The van der Waals surface area contributed by atoms with Crippen LogP contribution in [-0.2, 0) is 0 Å². The molecule has 0 spiro atoms. The van der Waals surface area contributed by atoms with Gasteiger partial charge >= 0.3 is 0 Å². The number of thiophene rings is 1. The topological polar surface area (TPSA) is 28.7 Å². The number of hydrogen-bond donors (Lipinski definition) is 1. The summed E-state index contributed by atoms with van der Waals surface area (Å²) in [4.78, 5) is 0. The van der Waals surface area contributed by atoms with E-state index in [4.69, 9.17) is 0 Å². The molecule has 18 heavy (non-hydrogen) atoms. The molecule has 4 aromatic rings. The Balaban J connectivity index is 2.13. The minimum Gasteiger partial charge on any atom is -0.277 e. The van der Waals surface area contributed by atoms with E-state index in [1.165, 1.54) is 21.2 Å². The fourth-order valence-electron chi connectivity index (χ4n) is 2.42. The highest BCUT2D eigenvalue weighted by molar-refractivity contribution is 7.17. The third-order valence-electron chi connectivity index (χ3n) is 3.26. The Morgan fingerprint density at radius 1 is 0.944 bits per heavy atom. The fraction of sp³-hybridized carbons (Fsp3) is 0. The molecule has 4 rings (SSSR count). The van der Waals surface area contributed by atoms with Crippen molar-refractivity contribution < 1.29 is 0 Å². The smallest absolute Gasteiger partial charge is 0.0728 e. The zero-order chi connectivity index (χ0) is 11.9. The maximum atomic E-state index is 4.13. The van der Waals surface area contributed by atoms with Crippen molar-refractivity contribution >= 4 is 32.3 Å². The molecule has 0 radical (unpaired) electrons. The van der Waals surface area contributed by atoms with Crippen LogP contribution in [0.25, 0.3) is 32.1 Å². The van der Waals surface area contributed by atoms with Crippen molar-refractivity contribution in [2.45, 2.75) is 0 Å². The molecular formula is C15H10N2S. The molecule has 0 bridgehead atoms. The number of aromatic nitrogens is 2. The second kappa shape index (κ2) is 3.68. The molecule has 0 unspecified atom stereocenters. The first-order chi connectivity index (χ1) is 8.93. The Bertz CT molecular complexity index is 770. The summed E-state index contributed by atoms with van der Waals surface area (Å²) in [5.74, 6) is 0. The molecule has 2 aromatic carbocycles. The van der Waals surface area contributed by atoms with Crippen LogP contribution in [0.2, 0.25) is 0 Å². The molecule has 0 saturated heterocycles. The quantitative estimate of drug-likeness (QED) is 0.531. The van der Waals surface area contributed by atoms with Gasteiger partial charge in [0.1, 0.15) is 0 Å². The van der Waals surface area contributed by atoms with Crippen molar-refractivity contribution in [1.29, 1.82) is 0 Å². The van der Waals surface area contributed by atoms with Crippen molar-refractivity contribution in [3.8, 4) is 11.1 Å². The van der Waals surface area contributed by atoms with E-state index in [0.29, 0.717) is 0 Å². The van der Waals surface area contributed by atoms with Gasteiger partial charge < -0.3 is 0 Å². The van der Waals surface area contributed by atoms with Crippen molar-refractivity contribution in [1.82, 2.24) is 10.2 Å². The van der Waals surface area contributed by atoms with Crippen molar-refractivity contribution in [2.75, 3.05) is 0 Å². The zero-order valence-corrected chi connectivity index (χ0v) is 10.4. The van der Waals surface area contributed by atoms with E-state index in [1.54, 1.807) is 11.3 Å². The molecule has 2 nitrogen and oxygen atoms in total. The van der Waals surface area contributed by atoms with Crippen LogP contribution in [-0.4, -0.2) is 10.2 Å². The van der Waals surface area contributed by atoms with Gasteiger partial charge in [-0.1, -0.05) is 30.3 Å². The van der Waals surface area contributed by atoms with Crippen LogP contribution in [0.3, 0.4) is 0 Å². The maximum Gasteiger partial charge on any atom is 0.0728 e. The number of hydrogen-bond acceptors (Lipinski definition) is 2. The molecule has 0 atom stereocenters. The number of nitrogens with one attached hydrogen (secondary N) is 1. The van der Waals surface area contributed by atoms with Crippen LogP contribution in [0.15, 0.2) is 54.0 Å². The first kappa shape index (κ1) is 9.85. The largest absolute Gasteiger partial charge is 0.277 e. The second-order valence-corrected chi connectivity index (χ2v) is 5.23. The van der Waals surface area contributed by atoms with E-state index in [2.05, 4.69) is 58.0 Å². The minimum atomic E-state index is 1.11. The summed E-state index contributed by atoms with van der Waals surface area (Å²) in [7, 11) is 0. The van der Waals surface area contributed by atoms with Crippen LogP contribution in [0, 0.1) is 0 Å². The molecule has 86 valence electrons. The summed E-state index contributed by atoms with van der Waals surface area (Å²) in [6.45, 7) is 0. The van der Waals surface area contributed by atoms with Crippen LogP contribution in [0.4, 0.5) is 0 Å². The predicted molar refractivity (Wildman–Crippen MR) is 76.9 cm³/mol. The van der Waals surface area contributed by atoms with Gasteiger partial charge in [-0.05, 0) is 23.1 Å². The molecule has 0 aliphatic rings. The van der Waals surface area contributed by atoms with Gasteiger partial charge in [0.15, 0.2) is 0 Å². The average Bonchev–Trinajstić information content (AvgIpc) is 3.06. The van der Waals surface area contributed by atoms with Gasteiger partial charge in [0.25, 0.3) is 0 Å². The van der Waals surface area contributed by atoms with Crippen LogP contribution >= 0.6 is 11.3 Å². The molecule has 0 amide bonds. The lowest BCUT2D eigenvalue weighted by Gasteiger charge is -2.05. The number of benzene rings is 2. The normalized spacial score (nSPS) is 11.3. The lowest BCUT2D eigenvalue weighted by atomic mass is 10.0. The van der Waals surface area contributed by atoms with Crippen molar-refractivity contribution in [3.05, 3.63) is 54.0 Å². The molecule has 0 fully saturated rings. The van der Waals surface area contributed by atoms with Gasteiger partial charge in [-0.2, -0.15) is 5.10 Å². The van der Waals surface area contributed by atoms with Gasteiger partial charge in [-0.25, -0.2) is 0 Å². The Morgan fingerprint density at radius 2 is 1.83 bits per heavy atom. The van der Waals surface area contributed by atoms with E-state index in [-0.39, 0.29) is 0 Å². The fourth-order valence-corrected chi connectivity index (χ4v) is 3.24.